The molecule has 94 valence electrons. The molecule has 0 unspecified atom stereocenters. The minimum atomic E-state index is -0.551. The Morgan fingerprint density at radius 3 is 2.88 bits per heavy atom. The zero-order valence-corrected chi connectivity index (χ0v) is 10.7. The van der Waals surface area contributed by atoms with E-state index in [2.05, 4.69) is 10.1 Å². The standard InChI is InChI=1S/C11H16N2O3S/c1-3-4-7(12)10(14)13-8-5-6-17-9(8)11(15)16-2/h5-7H,3-4,12H2,1-2H3,(H,13,14)/t7-/m1/s1. The largest absolute Gasteiger partial charge is 0.465 e. The maximum absolute atomic E-state index is 11.7. The maximum atomic E-state index is 11.7. The van der Waals surface area contributed by atoms with Gasteiger partial charge in [-0.1, -0.05) is 13.3 Å². The van der Waals surface area contributed by atoms with Crippen molar-refractivity contribution in [3.8, 4) is 0 Å². The summed E-state index contributed by atoms with van der Waals surface area (Å²) in [4.78, 5) is 23.4. The summed E-state index contributed by atoms with van der Waals surface area (Å²) in [6.45, 7) is 1.96. The van der Waals surface area contributed by atoms with E-state index in [0.29, 0.717) is 17.0 Å². The van der Waals surface area contributed by atoms with E-state index < -0.39 is 12.0 Å². The van der Waals surface area contributed by atoms with Crippen LogP contribution in [0.25, 0.3) is 0 Å². The average molecular weight is 256 g/mol. The van der Waals surface area contributed by atoms with Crippen molar-refractivity contribution in [1.82, 2.24) is 0 Å². The molecule has 0 saturated carbocycles. The van der Waals surface area contributed by atoms with Crippen molar-refractivity contribution in [2.45, 2.75) is 25.8 Å². The number of ether oxygens (including phenoxy) is 1. The van der Waals surface area contributed by atoms with E-state index in [1.165, 1.54) is 18.4 Å². The SMILES string of the molecule is CCC[C@@H](N)C(=O)Nc1ccsc1C(=O)OC. The van der Waals surface area contributed by atoms with Gasteiger partial charge in [-0.25, -0.2) is 4.79 Å². The van der Waals surface area contributed by atoms with Gasteiger partial charge >= 0.3 is 5.97 Å². The molecular weight excluding hydrogens is 240 g/mol. The van der Waals surface area contributed by atoms with Gasteiger partial charge < -0.3 is 15.8 Å². The highest BCUT2D eigenvalue weighted by Crippen LogP contribution is 2.23. The molecule has 0 aromatic carbocycles. The van der Waals surface area contributed by atoms with Crippen molar-refractivity contribution in [3.63, 3.8) is 0 Å². The molecule has 17 heavy (non-hydrogen) atoms. The van der Waals surface area contributed by atoms with E-state index in [1.807, 2.05) is 6.92 Å². The monoisotopic (exact) mass is 256 g/mol. The summed E-state index contributed by atoms with van der Waals surface area (Å²) in [5.74, 6) is -0.741. The molecule has 6 heteroatoms. The first kappa shape index (κ1) is 13.7. The molecule has 5 nitrogen and oxygen atoms in total. The van der Waals surface area contributed by atoms with Crippen LogP contribution in [0, 0.1) is 0 Å². The van der Waals surface area contributed by atoms with Crippen molar-refractivity contribution in [3.05, 3.63) is 16.3 Å². The molecule has 1 heterocycles. The molecule has 0 aliphatic heterocycles. The fourth-order valence-electron chi connectivity index (χ4n) is 1.33. The second kappa shape index (κ2) is 6.36. The Morgan fingerprint density at radius 2 is 2.29 bits per heavy atom. The fourth-order valence-corrected chi connectivity index (χ4v) is 2.09. The molecule has 0 saturated heterocycles. The molecule has 1 aromatic heterocycles. The van der Waals surface area contributed by atoms with Gasteiger partial charge in [-0.2, -0.15) is 0 Å². The number of anilines is 1. The van der Waals surface area contributed by atoms with Crippen LogP contribution in [0.4, 0.5) is 5.69 Å². The molecule has 0 aliphatic rings. The van der Waals surface area contributed by atoms with Gasteiger partial charge in [0.2, 0.25) is 5.91 Å². The van der Waals surface area contributed by atoms with Crippen LogP contribution in [-0.4, -0.2) is 25.0 Å². The lowest BCUT2D eigenvalue weighted by Crippen LogP contribution is -2.35. The Labute approximate surface area is 104 Å². The third kappa shape index (κ3) is 3.54. The lowest BCUT2D eigenvalue weighted by Gasteiger charge is -2.10. The van der Waals surface area contributed by atoms with Gasteiger partial charge in [0.1, 0.15) is 4.88 Å². The molecule has 0 spiro atoms. The van der Waals surface area contributed by atoms with Crippen molar-refractivity contribution in [2.24, 2.45) is 5.73 Å². The Kier molecular flexibility index (Phi) is 5.11. The van der Waals surface area contributed by atoms with Crippen LogP contribution in [0.1, 0.15) is 29.4 Å². The highest BCUT2D eigenvalue weighted by atomic mass is 32.1. The predicted molar refractivity (Wildman–Crippen MR) is 67.2 cm³/mol. The van der Waals surface area contributed by atoms with Crippen LogP contribution in [0.5, 0.6) is 0 Å². The van der Waals surface area contributed by atoms with Gasteiger partial charge in [-0.15, -0.1) is 11.3 Å². The summed E-state index contributed by atoms with van der Waals surface area (Å²) in [6.07, 6.45) is 1.45. The van der Waals surface area contributed by atoms with Gasteiger partial charge in [0.05, 0.1) is 18.8 Å². The Bertz CT molecular complexity index is 403. The topological polar surface area (TPSA) is 81.4 Å². The second-order valence-electron chi connectivity index (χ2n) is 3.54. The third-order valence-electron chi connectivity index (χ3n) is 2.23. The maximum Gasteiger partial charge on any atom is 0.350 e. The van der Waals surface area contributed by atoms with E-state index >= 15 is 0 Å². The molecule has 1 aromatic rings. The lowest BCUT2D eigenvalue weighted by atomic mass is 10.1. The number of nitrogens with one attached hydrogen (secondary N) is 1. The van der Waals surface area contributed by atoms with Gasteiger partial charge in [-0.05, 0) is 17.9 Å². The smallest absolute Gasteiger partial charge is 0.350 e. The first-order valence-corrected chi connectivity index (χ1v) is 6.20. The van der Waals surface area contributed by atoms with Gasteiger partial charge in [-0.3, -0.25) is 4.79 Å². The van der Waals surface area contributed by atoms with Crippen LogP contribution in [0.3, 0.4) is 0 Å². The molecule has 1 rings (SSSR count). The first-order chi connectivity index (χ1) is 8.10. The van der Waals surface area contributed by atoms with Gasteiger partial charge in [0.25, 0.3) is 0 Å². The number of carbonyl (C=O) groups is 2. The molecule has 0 bridgehead atoms. The molecule has 0 fully saturated rings. The van der Waals surface area contributed by atoms with Crippen molar-refractivity contribution in [1.29, 1.82) is 0 Å². The molecule has 0 radical (unpaired) electrons. The number of carbonyl (C=O) groups excluding carboxylic acids is 2. The van der Waals surface area contributed by atoms with Crippen LogP contribution < -0.4 is 11.1 Å². The van der Waals surface area contributed by atoms with E-state index in [1.54, 1.807) is 11.4 Å². The number of nitrogens with two attached hydrogens (primary N) is 1. The second-order valence-corrected chi connectivity index (χ2v) is 4.46. The fraction of sp³-hybridized carbons (Fsp3) is 0.455. The molecular formula is C11H16N2O3S. The number of hydrogen-bond donors (Lipinski definition) is 2. The van der Waals surface area contributed by atoms with Crippen molar-refractivity contribution in [2.75, 3.05) is 12.4 Å². The number of esters is 1. The third-order valence-corrected chi connectivity index (χ3v) is 3.12. The van der Waals surface area contributed by atoms with E-state index in [4.69, 9.17) is 5.73 Å². The zero-order chi connectivity index (χ0) is 12.8. The number of hydrogen-bond acceptors (Lipinski definition) is 5. The highest BCUT2D eigenvalue weighted by molar-refractivity contribution is 7.12. The van der Waals surface area contributed by atoms with Crippen molar-refractivity contribution >= 4 is 28.9 Å². The van der Waals surface area contributed by atoms with Crippen LogP contribution in [0.2, 0.25) is 0 Å². The molecule has 3 N–H and O–H groups in total. The van der Waals surface area contributed by atoms with Gasteiger partial charge in [0, 0.05) is 0 Å². The van der Waals surface area contributed by atoms with Gasteiger partial charge in [0.15, 0.2) is 0 Å². The number of amides is 1. The summed E-state index contributed by atoms with van der Waals surface area (Å²) in [5.41, 5.74) is 6.14. The minimum Gasteiger partial charge on any atom is -0.465 e. The Hall–Kier alpha value is -1.40. The van der Waals surface area contributed by atoms with Crippen LogP contribution in [0.15, 0.2) is 11.4 Å². The molecule has 1 amide bonds. The average Bonchev–Trinajstić information content (AvgIpc) is 2.76. The van der Waals surface area contributed by atoms with E-state index in [9.17, 15) is 9.59 Å². The van der Waals surface area contributed by atoms with Crippen molar-refractivity contribution < 1.29 is 14.3 Å². The zero-order valence-electron chi connectivity index (χ0n) is 9.86. The van der Waals surface area contributed by atoms with Crippen LogP contribution in [-0.2, 0) is 9.53 Å². The first-order valence-electron chi connectivity index (χ1n) is 5.32. The lowest BCUT2D eigenvalue weighted by molar-refractivity contribution is -0.117. The van der Waals surface area contributed by atoms with E-state index in [0.717, 1.165) is 6.42 Å². The number of rotatable bonds is 5. The normalized spacial score (nSPS) is 11.9. The van der Waals surface area contributed by atoms with E-state index in [-0.39, 0.29) is 5.91 Å². The summed E-state index contributed by atoms with van der Waals surface area (Å²) >= 11 is 1.22. The minimum absolute atomic E-state index is 0.282. The predicted octanol–water partition coefficient (Wildman–Crippen LogP) is 1.60. The van der Waals surface area contributed by atoms with Crippen LogP contribution >= 0.6 is 11.3 Å². The highest BCUT2D eigenvalue weighted by Gasteiger charge is 2.18. The Morgan fingerprint density at radius 1 is 1.59 bits per heavy atom. The summed E-state index contributed by atoms with van der Waals surface area (Å²) < 4.78 is 4.61. The summed E-state index contributed by atoms with van der Waals surface area (Å²) in [7, 11) is 1.30. The number of methoxy groups -OCH3 is 1. The summed E-state index contributed by atoms with van der Waals surface area (Å²) in [5, 5.41) is 4.35. The Balaban J connectivity index is 2.72. The number of thiophene rings is 1. The quantitative estimate of drug-likeness (QED) is 0.784. The molecule has 0 aliphatic carbocycles. The summed E-state index contributed by atoms with van der Waals surface area (Å²) in [6, 6.07) is 1.11. The molecule has 1 atom stereocenters.